The van der Waals surface area contributed by atoms with E-state index in [-0.39, 0.29) is 48.9 Å². The first-order chi connectivity index (χ1) is 16.6. The summed E-state index contributed by atoms with van der Waals surface area (Å²) in [7, 11) is 0. The van der Waals surface area contributed by atoms with Crippen LogP contribution in [0.15, 0.2) is 6.33 Å². The van der Waals surface area contributed by atoms with Crippen molar-refractivity contribution in [1.29, 1.82) is 0 Å². The Hall–Kier alpha value is -2.21. The monoisotopic (exact) mass is 502 g/mol. The van der Waals surface area contributed by atoms with Gasteiger partial charge in [0.05, 0.1) is 18.6 Å². The number of hydrogen-bond donors (Lipinski definition) is 3. The third-order valence-electron chi connectivity index (χ3n) is 7.51. The van der Waals surface area contributed by atoms with Crippen LogP contribution in [0.25, 0.3) is 0 Å². The number of β-amino-alcohol motifs (C(OH)–C–C–N with tert-alkyl or cyclic N) is 1. The molecule has 4 rings (SSSR count). The molecule has 0 spiro atoms. The number of piperidine rings is 1. The number of anilines is 2. The van der Waals surface area contributed by atoms with E-state index in [1.54, 1.807) is 4.90 Å². The zero-order valence-corrected chi connectivity index (χ0v) is 19.7. The lowest BCUT2D eigenvalue weighted by Crippen LogP contribution is -2.48. The number of primary amides is 1. The Morgan fingerprint density at radius 2 is 1.89 bits per heavy atom. The van der Waals surface area contributed by atoms with E-state index >= 15 is 4.39 Å². The molecule has 12 heteroatoms. The molecule has 2 saturated carbocycles. The van der Waals surface area contributed by atoms with E-state index in [0.29, 0.717) is 45.4 Å². The fraction of sp³-hybridized carbons (Fsp3) is 0.783. The summed E-state index contributed by atoms with van der Waals surface area (Å²) in [6.07, 6.45) is 0.0636. The second-order valence-electron chi connectivity index (χ2n) is 10.2. The molecule has 1 aromatic heterocycles. The number of aliphatic hydroxyl groups is 1. The number of rotatable bonds is 9. The highest BCUT2D eigenvalue weighted by atomic mass is 19.4. The van der Waals surface area contributed by atoms with Gasteiger partial charge in [-0.2, -0.15) is 17.6 Å². The van der Waals surface area contributed by atoms with Crippen LogP contribution in [-0.2, 0) is 4.79 Å². The Balaban J connectivity index is 1.36. The van der Waals surface area contributed by atoms with Gasteiger partial charge in [-0.15, -0.1) is 0 Å². The summed E-state index contributed by atoms with van der Waals surface area (Å²) in [4.78, 5) is 23.0. The average molecular weight is 503 g/mol. The summed E-state index contributed by atoms with van der Waals surface area (Å²) in [5, 5.41) is 13.4. The number of aromatic nitrogens is 2. The number of likely N-dealkylation sites (tertiary alicyclic amines) is 1. The molecule has 2 aliphatic carbocycles. The van der Waals surface area contributed by atoms with Crippen molar-refractivity contribution in [3.63, 3.8) is 0 Å². The van der Waals surface area contributed by atoms with Crippen molar-refractivity contribution in [2.24, 2.45) is 23.5 Å². The van der Waals surface area contributed by atoms with Gasteiger partial charge in [-0.25, -0.2) is 9.97 Å². The van der Waals surface area contributed by atoms with Crippen LogP contribution in [0.1, 0.15) is 44.9 Å². The summed E-state index contributed by atoms with van der Waals surface area (Å²) in [6.45, 7) is 1.81. The lowest BCUT2D eigenvalue weighted by Gasteiger charge is -2.35. The largest absolute Gasteiger partial charge is 0.391 e. The van der Waals surface area contributed by atoms with Crippen LogP contribution >= 0.6 is 0 Å². The average Bonchev–Trinajstić information content (AvgIpc) is 3.63. The molecule has 2 heterocycles. The molecular weight excluding hydrogens is 468 g/mol. The highest BCUT2D eigenvalue weighted by Crippen LogP contribution is 2.41. The van der Waals surface area contributed by atoms with Crippen LogP contribution in [0.4, 0.5) is 29.2 Å². The molecule has 2 atom stereocenters. The molecule has 1 saturated heterocycles. The molecule has 0 radical (unpaired) electrons. The number of carbonyl (C=O) groups is 1. The van der Waals surface area contributed by atoms with Gasteiger partial charge in [-0.1, -0.05) is 0 Å². The number of carbonyl (C=O) groups excluding carboxylic acids is 1. The highest BCUT2D eigenvalue weighted by Gasteiger charge is 2.42. The minimum atomic E-state index is -4.15. The molecule has 1 amide bonds. The number of alkyl halides is 3. The van der Waals surface area contributed by atoms with Crippen molar-refractivity contribution in [3.8, 4) is 0 Å². The molecule has 1 aromatic rings. The molecule has 3 aliphatic rings. The van der Waals surface area contributed by atoms with Gasteiger partial charge in [0.15, 0.2) is 11.6 Å². The Morgan fingerprint density at radius 1 is 1.17 bits per heavy atom. The quantitative estimate of drug-likeness (QED) is 0.446. The SMILES string of the molecule is NC(=O)CN1CCC(CNc2ncnc(N(CC3CCC(C(F)(F)F)CC3)C3CC3)c2F)C(O)C1. The lowest BCUT2D eigenvalue weighted by atomic mass is 9.81. The predicted molar refractivity (Wildman–Crippen MR) is 122 cm³/mol. The van der Waals surface area contributed by atoms with Crippen LogP contribution in [0, 0.1) is 23.6 Å². The second-order valence-corrected chi connectivity index (χ2v) is 10.2. The highest BCUT2D eigenvalue weighted by molar-refractivity contribution is 5.75. The van der Waals surface area contributed by atoms with Crippen molar-refractivity contribution in [1.82, 2.24) is 14.9 Å². The first-order valence-electron chi connectivity index (χ1n) is 12.4. The first-order valence-corrected chi connectivity index (χ1v) is 12.4. The summed E-state index contributed by atoms with van der Waals surface area (Å²) in [5.74, 6) is -2.10. The molecule has 2 unspecified atom stereocenters. The van der Waals surface area contributed by atoms with Crippen LogP contribution < -0.4 is 16.0 Å². The number of aliphatic hydroxyl groups excluding tert-OH is 1. The molecule has 4 N–H and O–H groups in total. The van der Waals surface area contributed by atoms with Crippen molar-refractivity contribution in [2.75, 3.05) is 42.9 Å². The molecule has 196 valence electrons. The Morgan fingerprint density at radius 3 is 2.49 bits per heavy atom. The van der Waals surface area contributed by atoms with Crippen LogP contribution in [-0.4, -0.2) is 76.9 Å². The Kier molecular flexibility index (Phi) is 7.99. The van der Waals surface area contributed by atoms with Crippen LogP contribution in [0.2, 0.25) is 0 Å². The topological polar surface area (TPSA) is 108 Å². The van der Waals surface area contributed by atoms with Gasteiger partial charge >= 0.3 is 6.18 Å². The maximum Gasteiger partial charge on any atom is 0.391 e. The van der Waals surface area contributed by atoms with E-state index in [0.717, 1.165) is 12.8 Å². The van der Waals surface area contributed by atoms with E-state index in [4.69, 9.17) is 5.73 Å². The third-order valence-corrected chi connectivity index (χ3v) is 7.51. The van der Waals surface area contributed by atoms with Gasteiger partial charge < -0.3 is 21.1 Å². The number of hydrogen-bond acceptors (Lipinski definition) is 7. The number of amides is 1. The van der Waals surface area contributed by atoms with Gasteiger partial charge in [0.2, 0.25) is 11.7 Å². The predicted octanol–water partition coefficient (Wildman–Crippen LogP) is 2.53. The van der Waals surface area contributed by atoms with Crippen LogP contribution in [0.3, 0.4) is 0 Å². The number of halogens is 4. The molecular formula is C23H34F4N6O2. The van der Waals surface area contributed by atoms with Gasteiger partial charge in [-0.3, -0.25) is 9.69 Å². The normalized spacial score (nSPS) is 28.0. The van der Waals surface area contributed by atoms with E-state index in [9.17, 15) is 23.1 Å². The molecule has 8 nitrogen and oxygen atoms in total. The zero-order chi connectivity index (χ0) is 25.2. The Bertz CT molecular complexity index is 876. The summed E-state index contributed by atoms with van der Waals surface area (Å²) in [5.41, 5.74) is 5.22. The van der Waals surface area contributed by atoms with E-state index in [1.807, 2.05) is 4.90 Å². The zero-order valence-electron chi connectivity index (χ0n) is 19.7. The number of nitrogens with zero attached hydrogens (tertiary/aromatic N) is 4. The van der Waals surface area contributed by atoms with Crippen molar-refractivity contribution in [3.05, 3.63) is 12.1 Å². The molecule has 0 bridgehead atoms. The second kappa shape index (κ2) is 10.8. The van der Waals surface area contributed by atoms with E-state index < -0.39 is 29.9 Å². The lowest BCUT2D eigenvalue weighted by molar-refractivity contribution is -0.183. The van der Waals surface area contributed by atoms with Gasteiger partial charge in [0.25, 0.3) is 0 Å². The number of nitrogens with two attached hydrogens (primary N) is 1. The molecule has 0 aromatic carbocycles. The first kappa shape index (κ1) is 25.9. The summed E-state index contributed by atoms with van der Waals surface area (Å²) >= 11 is 0. The van der Waals surface area contributed by atoms with E-state index in [1.165, 1.54) is 6.33 Å². The maximum atomic E-state index is 15.4. The molecule has 1 aliphatic heterocycles. The maximum absolute atomic E-state index is 15.4. The smallest absolute Gasteiger partial charge is 0.391 e. The third kappa shape index (κ3) is 6.72. The summed E-state index contributed by atoms with van der Waals surface area (Å²) in [6, 6.07) is 0.143. The molecule has 3 fully saturated rings. The fourth-order valence-corrected chi connectivity index (χ4v) is 5.30. The van der Waals surface area contributed by atoms with Crippen molar-refractivity contribution >= 4 is 17.5 Å². The molecule has 35 heavy (non-hydrogen) atoms. The van der Waals surface area contributed by atoms with Crippen LogP contribution in [0.5, 0.6) is 0 Å². The minimum Gasteiger partial charge on any atom is -0.391 e. The Labute approximate surface area is 202 Å². The summed E-state index contributed by atoms with van der Waals surface area (Å²) < 4.78 is 54.5. The van der Waals surface area contributed by atoms with Gasteiger partial charge in [-0.05, 0) is 57.4 Å². The van der Waals surface area contributed by atoms with Crippen molar-refractivity contribution in [2.45, 2.75) is 63.3 Å². The minimum absolute atomic E-state index is 0.0493. The fourth-order valence-electron chi connectivity index (χ4n) is 5.30. The van der Waals surface area contributed by atoms with Gasteiger partial charge in [0, 0.05) is 31.6 Å². The standard InChI is InChI=1S/C23H34F4N6O2/c24-20-21(29-9-15-7-8-32(11-18(15)34)12-19(28)35)30-13-31-22(20)33(17-5-6-17)10-14-1-3-16(4-2-14)23(25,26)27/h13-18,34H,1-12H2,(H2,28,35)(H,29,30,31). The van der Waals surface area contributed by atoms with E-state index in [2.05, 4.69) is 15.3 Å². The number of nitrogens with one attached hydrogen (secondary N) is 1. The van der Waals surface area contributed by atoms with Gasteiger partial charge in [0.1, 0.15) is 6.33 Å². The van der Waals surface area contributed by atoms with Crippen molar-refractivity contribution < 1.29 is 27.5 Å².